The molecule has 1 unspecified atom stereocenters. The standard InChI is InChI=1S/C17H21NO2/c1-12-10-14(13(2)18)8-9-16(12)20-11-15-6-4-5-7-17(15)19-3/h4-10,13H,11,18H2,1-3H3. The zero-order valence-electron chi connectivity index (χ0n) is 12.2. The van der Waals surface area contributed by atoms with E-state index in [9.17, 15) is 0 Å². The molecule has 0 fully saturated rings. The Morgan fingerprint density at radius 1 is 1.10 bits per heavy atom. The largest absolute Gasteiger partial charge is 0.496 e. The monoisotopic (exact) mass is 271 g/mol. The molecule has 0 aromatic heterocycles. The lowest BCUT2D eigenvalue weighted by Gasteiger charge is -2.13. The Labute approximate surface area is 120 Å². The van der Waals surface area contributed by atoms with Crippen LogP contribution in [0.2, 0.25) is 0 Å². The molecule has 0 heterocycles. The molecule has 0 aliphatic heterocycles. The molecule has 1 atom stereocenters. The van der Waals surface area contributed by atoms with Crippen molar-refractivity contribution in [3.63, 3.8) is 0 Å². The van der Waals surface area contributed by atoms with Crippen LogP contribution in [0.1, 0.15) is 29.7 Å². The van der Waals surface area contributed by atoms with Gasteiger partial charge in [-0.25, -0.2) is 0 Å². The van der Waals surface area contributed by atoms with Crippen LogP contribution in [-0.4, -0.2) is 7.11 Å². The van der Waals surface area contributed by atoms with Gasteiger partial charge in [-0.05, 0) is 37.1 Å². The minimum atomic E-state index is 0.0389. The molecular formula is C17H21NO2. The van der Waals surface area contributed by atoms with E-state index in [1.165, 1.54) is 0 Å². The van der Waals surface area contributed by atoms with Gasteiger partial charge >= 0.3 is 0 Å². The first kappa shape index (κ1) is 14.4. The molecule has 2 N–H and O–H groups in total. The molecule has 3 nitrogen and oxygen atoms in total. The van der Waals surface area contributed by atoms with Crippen LogP contribution in [0.5, 0.6) is 11.5 Å². The van der Waals surface area contributed by atoms with Gasteiger partial charge in [0, 0.05) is 11.6 Å². The molecule has 0 aliphatic rings. The summed E-state index contributed by atoms with van der Waals surface area (Å²) in [4.78, 5) is 0. The van der Waals surface area contributed by atoms with Crippen molar-refractivity contribution in [2.45, 2.75) is 26.5 Å². The number of hydrogen-bond donors (Lipinski definition) is 1. The summed E-state index contributed by atoms with van der Waals surface area (Å²) in [7, 11) is 1.67. The number of para-hydroxylation sites is 1. The van der Waals surface area contributed by atoms with Crippen LogP contribution in [0, 0.1) is 6.92 Å². The highest BCUT2D eigenvalue weighted by atomic mass is 16.5. The summed E-state index contributed by atoms with van der Waals surface area (Å²) in [6.07, 6.45) is 0. The van der Waals surface area contributed by atoms with Gasteiger partial charge in [0.15, 0.2) is 0 Å². The predicted octanol–water partition coefficient (Wildman–Crippen LogP) is 3.60. The van der Waals surface area contributed by atoms with Crippen molar-refractivity contribution in [3.8, 4) is 11.5 Å². The molecule has 0 bridgehead atoms. The molecule has 3 heteroatoms. The van der Waals surface area contributed by atoms with E-state index in [0.29, 0.717) is 6.61 Å². The Morgan fingerprint density at radius 3 is 2.50 bits per heavy atom. The Kier molecular flexibility index (Phi) is 4.64. The maximum atomic E-state index is 5.88. The molecule has 0 radical (unpaired) electrons. The van der Waals surface area contributed by atoms with Gasteiger partial charge in [-0.2, -0.15) is 0 Å². The van der Waals surface area contributed by atoms with Crippen LogP contribution in [0.15, 0.2) is 42.5 Å². The van der Waals surface area contributed by atoms with Crippen LogP contribution in [0.4, 0.5) is 0 Å². The lowest BCUT2D eigenvalue weighted by molar-refractivity contribution is 0.294. The van der Waals surface area contributed by atoms with Gasteiger partial charge in [-0.3, -0.25) is 0 Å². The lowest BCUT2D eigenvalue weighted by Crippen LogP contribution is -2.06. The van der Waals surface area contributed by atoms with Gasteiger partial charge in [-0.1, -0.05) is 30.3 Å². The molecule has 0 saturated carbocycles. The summed E-state index contributed by atoms with van der Waals surface area (Å²) < 4.78 is 11.2. The van der Waals surface area contributed by atoms with Gasteiger partial charge in [0.2, 0.25) is 0 Å². The van der Waals surface area contributed by atoms with Crippen LogP contribution in [0.25, 0.3) is 0 Å². The van der Waals surface area contributed by atoms with Crippen molar-refractivity contribution in [3.05, 3.63) is 59.2 Å². The predicted molar refractivity (Wildman–Crippen MR) is 81.1 cm³/mol. The first-order chi connectivity index (χ1) is 9.61. The molecule has 106 valence electrons. The van der Waals surface area contributed by atoms with E-state index in [-0.39, 0.29) is 6.04 Å². The smallest absolute Gasteiger partial charge is 0.125 e. The third kappa shape index (κ3) is 3.31. The number of methoxy groups -OCH3 is 1. The van der Waals surface area contributed by atoms with E-state index in [4.69, 9.17) is 15.2 Å². The average Bonchev–Trinajstić information content (AvgIpc) is 2.46. The molecule has 2 rings (SSSR count). The van der Waals surface area contributed by atoms with Crippen LogP contribution < -0.4 is 15.2 Å². The molecule has 0 amide bonds. The summed E-state index contributed by atoms with van der Waals surface area (Å²) in [6.45, 7) is 4.50. The lowest BCUT2D eigenvalue weighted by atomic mass is 10.1. The highest BCUT2D eigenvalue weighted by molar-refractivity contribution is 5.38. The number of ether oxygens (including phenoxy) is 2. The highest BCUT2D eigenvalue weighted by Gasteiger charge is 2.06. The molecule has 0 saturated heterocycles. The van der Waals surface area contributed by atoms with E-state index in [1.807, 2.05) is 50.2 Å². The maximum Gasteiger partial charge on any atom is 0.125 e. The Bertz CT molecular complexity index is 579. The Hall–Kier alpha value is -2.00. The van der Waals surface area contributed by atoms with Crippen LogP contribution >= 0.6 is 0 Å². The van der Waals surface area contributed by atoms with Crippen molar-refractivity contribution in [2.75, 3.05) is 7.11 Å². The third-order valence-corrected chi connectivity index (χ3v) is 3.30. The highest BCUT2D eigenvalue weighted by Crippen LogP contribution is 2.24. The number of aryl methyl sites for hydroxylation is 1. The van der Waals surface area contributed by atoms with Crippen molar-refractivity contribution in [1.29, 1.82) is 0 Å². The number of nitrogens with two attached hydrogens (primary N) is 1. The molecule has 0 aliphatic carbocycles. The van der Waals surface area contributed by atoms with Crippen molar-refractivity contribution in [2.24, 2.45) is 5.73 Å². The summed E-state index contributed by atoms with van der Waals surface area (Å²) in [5.41, 5.74) is 9.12. The summed E-state index contributed by atoms with van der Waals surface area (Å²) in [5, 5.41) is 0. The van der Waals surface area contributed by atoms with E-state index in [1.54, 1.807) is 7.11 Å². The second-order valence-corrected chi connectivity index (χ2v) is 4.91. The summed E-state index contributed by atoms with van der Waals surface area (Å²) in [5.74, 6) is 1.72. The van der Waals surface area contributed by atoms with E-state index < -0.39 is 0 Å². The normalized spacial score (nSPS) is 12.0. The molecule has 2 aromatic rings. The first-order valence-corrected chi connectivity index (χ1v) is 6.72. The Balaban J connectivity index is 2.11. The topological polar surface area (TPSA) is 44.5 Å². The second-order valence-electron chi connectivity index (χ2n) is 4.91. The minimum absolute atomic E-state index is 0.0389. The first-order valence-electron chi connectivity index (χ1n) is 6.72. The third-order valence-electron chi connectivity index (χ3n) is 3.30. The number of benzene rings is 2. The summed E-state index contributed by atoms with van der Waals surface area (Å²) >= 11 is 0. The Morgan fingerprint density at radius 2 is 1.85 bits per heavy atom. The van der Waals surface area contributed by atoms with E-state index >= 15 is 0 Å². The number of rotatable bonds is 5. The molecule has 20 heavy (non-hydrogen) atoms. The average molecular weight is 271 g/mol. The SMILES string of the molecule is COc1ccccc1COc1ccc(C(C)N)cc1C. The quantitative estimate of drug-likeness (QED) is 0.903. The fourth-order valence-corrected chi connectivity index (χ4v) is 2.10. The van der Waals surface area contributed by atoms with Crippen molar-refractivity contribution >= 4 is 0 Å². The summed E-state index contributed by atoms with van der Waals surface area (Å²) in [6, 6.07) is 14.0. The van der Waals surface area contributed by atoms with E-state index in [0.717, 1.165) is 28.2 Å². The minimum Gasteiger partial charge on any atom is -0.496 e. The van der Waals surface area contributed by atoms with Crippen LogP contribution in [-0.2, 0) is 6.61 Å². The number of hydrogen-bond acceptors (Lipinski definition) is 3. The van der Waals surface area contributed by atoms with Gasteiger partial charge in [0.25, 0.3) is 0 Å². The maximum absolute atomic E-state index is 5.88. The van der Waals surface area contributed by atoms with Gasteiger partial charge < -0.3 is 15.2 Å². The van der Waals surface area contributed by atoms with Crippen LogP contribution in [0.3, 0.4) is 0 Å². The van der Waals surface area contributed by atoms with E-state index in [2.05, 4.69) is 6.07 Å². The molecule has 0 spiro atoms. The van der Waals surface area contributed by atoms with Gasteiger partial charge in [0.05, 0.1) is 7.11 Å². The molecule has 2 aromatic carbocycles. The van der Waals surface area contributed by atoms with Crippen molar-refractivity contribution in [1.82, 2.24) is 0 Å². The zero-order valence-corrected chi connectivity index (χ0v) is 12.2. The van der Waals surface area contributed by atoms with Gasteiger partial charge in [0.1, 0.15) is 18.1 Å². The van der Waals surface area contributed by atoms with Gasteiger partial charge in [-0.15, -0.1) is 0 Å². The second kappa shape index (κ2) is 6.44. The fraction of sp³-hybridized carbons (Fsp3) is 0.294. The molecular weight excluding hydrogens is 250 g/mol. The van der Waals surface area contributed by atoms with Crippen molar-refractivity contribution < 1.29 is 9.47 Å². The zero-order chi connectivity index (χ0) is 14.5. The fourth-order valence-electron chi connectivity index (χ4n) is 2.10.